The summed E-state index contributed by atoms with van der Waals surface area (Å²) in [5.41, 5.74) is 0.269. The molecule has 0 aliphatic carbocycles. The molecule has 0 N–H and O–H groups in total. The molecule has 1 saturated heterocycles. The van der Waals surface area contributed by atoms with Crippen molar-refractivity contribution in [1.82, 2.24) is 19.7 Å². The Bertz CT molecular complexity index is 922. The van der Waals surface area contributed by atoms with Crippen molar-refractivity contribution in [2.75, 3.05) is 6.54 Å². The number of carbonyl (C=O) groups excluding carboxylic acids is 1. The van der Waals surface area contributed by atoms with Gasteiger partial charge in [-0.15, -0.1) is 10.2 Å². The standard InChI is InChI=1S/C20H21FN4O2/c1-14(24-11-6-7-12-24)20(26)25-13-5-4-10-17(25)19-23-22-18(27-19)15-8-2-3-9-16(15)21/h2-3,6-9,11-12,14,17H,4-5,10,13H2,1H3/t14-,17+/m0/s1. The topological polar surface area (TPSA) is 64.2 Å². The Labute approximate surface area is 156 Å². The van der Waals surface area contributed by atoms with E-state index in [1.165, 1.54) is 6.07 Å². The Hall–Kier alpha value is -2.96. The van der Waals surface area contributed by atoms with Gasteiger partial charge in [-0.1, -0.05) is 12.1 Å². The SMILES string of the molecule is C[C@@H](C(=O)N1CCCC[C@@H]1c1nnc(-c2ccccc2F)o1)n1cccc1. The highest BCUT2D eigenvalue weighted by molar-refractivity contribution is 5.80. The van der Waals surface area contributed by atoms with Crippen molar-refractivity contribution >= 4 is 5.91 Å². The fraction of sp³-hybridized carbons (Fsp3) is 0.350. The molecule has 140 valence electrons. The zero-order valence-corrected chi connectivity index (χ0v) is 15.1. The van der Waals surface area contributed by atoms with Crippen LogP contribution in [0, 0.1) is 5.82 Å². The van der Waals surface area contributed by atoms with Crippen molar-refractivity contribution in [3.63, 3.8) is 0 Å². The Morgan fingerprint density at radius 2 is 1.96 bits per heavy atom. The van der Waals surface area contributed by atoms with Crippen LogP contribution in [0.25, 0.3) is 11.5 Å². The van der Waals surface area contributed by atoms with Gasteiger partial charge >= 0.3 is 0 Å². The summed E-state index contributed by atoms with van der Waals surface area (Å²) >= 11 is 0. The van der Waals surface area contributed by atoms with Gasteiger partial charge in [0.15, 0.2) is 0 Å². The summed E-state index contributed by atoms with van der Waals surface area (Å²) in [5, 5.41) is 8.14. The van der Waals surface area contributed by atoms with Crippen LogP contribution in [0.1, 0.15) is 44.2 Å². The first-order valence-electron chi connectivity index (χ1n) is 9.16. The summed E-state index contributed by atoms with van der Waals surface area (Å²) in [5.74, 6) is 0.104. The number of hydrogen-bond donors (Lipinski definition) is 0. The zero-order valence-electron chi connectivity index (χ0n) is 15.1. The third-order valence-corrected chi connectivity index (χ3v) is 5.05. The lowest BCUT2D eigenvalue weighted by atomic mass is 10.0. The number of benzene rings is 1. The molecule has 6 nitrogen and oxygen atoms in total. The third kappa shape index (κ3) is 3.37. The molecule has 0 bridgehead atoms. The van der Waals surface area contributed by atoms with Crippen LogP contribution in [-0.4, -0.2) is 32.1 Å². The van der Waals surface area contributed by atoms with Gasteiger partial charge in [0.1, 0.15) is 17.9 Å². The summed E-state index contributed by atoms with van der Waals surface area (Å²) in [6.45, 7) is 2.53. The molecule has 1 amide bonds. The van der Waals surface area contributed by atoms with Crippen LogP contribution < -0.4 is 0 Å². The van der Waals surface area contributed by atoms with Gasteiger partial charge in [-0.25, -0.2) is 4.39 Å². The van der Waals surface area contributed by atoms with Gasteiger partial charge in [0.25, 0.3) is 5.89 Å². The van der Waals surface area contributed by atoms with Crippen LogP contribution in [0.5, 0.6) is 0 Å². The lowest BCUT2D eigenvalue weighted by Crippen LogP contribution is -2.41. The summed E-state index contributed by atoms with van der Waals surface area (Å²) in [4.78, 5) is 14.9. The summed E-state index contributed by atoms with van der Waals surface area (Å²) in [6, 6.07) is 9.50. The van der Waals surface area contributed by atoms with E-state index in [-0.39, 0.29) is 29.4 Å². The minimum absolute atomic E-state index is 0.0153. The van der Waals surface area contributed by atoms with Crippen LogP contribution in [-0.2, 0) is 4.79 Å². The molecule has 1 aliphatic heterocycles. The molecule has 27 heavy (non-hydrogen) atoms. The Kier molecular flexibility index (Phi) is 4.75. The molecule has 4 rings (SSSR count). The van der Waals surface area contributed by atoms with Gasteiger partial charge < -0.3 is 13.9 Å². The predicted octanol–water partition coefficient (Wildman–Crippen LogP) is 3.99. The molecule has 0 saturated carbocycles. The Balaban J connectivity index is 1.60. The third-order valence-electron chi connectivity index (χ3n) is 5.05. The normalized spacial score (nSPS) is 18.4. The molecular weight excluding hydrogens is 347 g/mol. The second-order valence-electron chi connectivity index (χ2n) is 6.77. The van der Waals surface area contributed by atoms with E-state index in [1.54, 1.807) is 18.2 Å². The van der Waals surface area contributed by atoms with Gasteiger partial charge in [-0.2, -0.15) is 0 Å². The number of rotatable bonds is 4. The second-order valence-corrected chi connectivity index (χ2v) is 6.77. The molecule has 2 atom stereocenters. The minimum Gasteiger partial charge on any atom is -0.418 e. The van der Waals surface area contributed by atoms with Crippen LogP contribution in [0.2, 0.25) is 0 Å². The van der Waals surface area contributed by atoms with Gasteiger partial charge in [0.2, 0.25) is 11.8 Å². The van der Waals surface area contributed by atoms with Crippen molar-refractivity contribution in [2.24, 2.45) is 0 Å². The number of amides is 1. The number of nitrogens with zero attached hydrogens (tertiary/aromatic N) is 4. The molecule has 0 spiro atoms. The van der Waals surface area contributed by atoms with Gasteiger partial charge in [-0.3, -0.25) is 4.79 Å². The van der Waals surface area contributed by atoms with Crippen LogP contribution in [0.3, 0.4) is 0 Å². The summed E-state index contributed by atoms with van der Waals surface area (Å²) in [7, 11) is 0. The Morgan fingerprint density at radius 1 is 1.19 bits per heavy atom. The average Bonchev–Trinajstić information content (AvgIpc) is 3.39. The van der Waals surface area contributed by atoms with E-state index in [0.717, 1.165) is 19.3 Å². The highest BCUT2D eigenvalue weighted by atomic mass is 19.1. The first-order chi connectivity index (χ1) is 13.1. The largest absolute Gasteiger partial charge is 0.418 e. The highest BCUT2D eigenvalue weighted by Gasteiger charge is 2.34. The number of likely N-dealkylation sites (tertiary alicyclic amines) is 1. The molecular formula is C20H21FN4O2. The maximum atomic E-state index is 14.0. The predicted molar refractivity (Wildman–Crippen MR) is 97.1 cm³/mol. The van der Waals surface area contributed by atoms with Crippen molar-refractivity contribution in [3.05, 3.63) is 60.5 Å². The highest BCUT2D eigenvalue weighted by Crippen LogP contribution is 2.33. The lowest BCUT2D eigenvalue weighted by molar-refractivity contribution is -0.138. The molecule has 1 fully saturated rings. The average molecular weight is 368 g/mol. The molecule has 3 heterocycles. The number of carbonyl (C=O) groups is 1. The van der Waals surface area contributed by atoms with E-state index in [4.69, 9.17) is 4.42 Å². The number of aromatic nitrogens is 3. The monoisotopic (exact) mass is 368 g/mol. The maximum absolute atomic E-state index is 14.0. The number of piperidine rings is 1. The lowest BCUT2D eigenvalue weighted by Gasteiger charge is -2.35. The molecule has 1 aliphatic rings. The van der Waals surface area contributed by atoms with Crippen molar-refractivity contribution in [3.8, 4) is 11.5 Å². The van der Waals surface area contributed by atoms with Crippen molar-refractivity contribution in [2.45, 2.75) is 38.3 Å². The van der Waals surface area contributed by atoms with Crippen LogP contribution in [0.15, 0.2) is 53.2 Å². The van der Waals surface area contributed by atoms with Gasteiger partial charge in [0.05, 0.1) is 5.56 Å². The van der Waals surface area contributed by atoms with E-state index in [1.807, 2.05) is 40.9 Å². The van der Waals surface area contributed by atoms with Crippen LogP contribution >= 0.6 is 0 Å². The molecule has 1 aromatic carbocycles. The molecule has 3 aromatic rings. The summed E-state index contributed by atoms with van der Waals surface area (Å²) < 4.78 is 21.7. The zero-order chi connectivity index (χ0) is 18.8. The molecule has 0 radical (unpaired) electrons. The van der Waals surface area contributed by atoms with E-state index in [9.17, 15) is 9.18 Å². The van der Waals surface area contributed by atoms with E-state index >= 15 is 0 Å². The van der Waals surface area contributed by atoms with E-state index in [2.05, 4.69) is 10.2 Å². The van der Waals surface area contributed by atoms with E-state index < -0.39 is 5.82 Å². The molecule has 2 aromatic heterocycles. The fourth-order valence-corrected chi connectivity index (χ4v) is 3.54. The number of hydrogen-bond acceptors (Lipinski definition) is 4. The van der Waals surface area contributed by atoms with Crippen molar-refractivity contribution in [1.29, 1.82) is 0 Å². The summed E-state index contributed by atoms with van der Waals surface area (Å²) in [6.07, 6.45) is 6.43. The first-order valence-corrected chi connectivity index (χ1v) is 9.16. The smallest absolute Gasteiger partial charge is 0.250 e. The maximum Gasteiger partial charge on any atom is 0.250 e. The fourth-order valence-electron chi connectivity index (χ4n) is 3.54. The number of halogens is 1. The second kappa shape index (κ2) is 7.34. The van der Waals surface area contributed by atoms with Crippen molar-refractivity contribution < 1.29 is 13.6 Å². The van der Waals surface area contributed by atoms with Gasteiger partial charge in [-0.05, 0) is 50.5 Å². The quantitative estimate of drug-likeness (QED) is 0.698. The van der Waals surface area contributed by atoms with Crippen LogP contribution in [0.4, 0.5) is 4.39 Å². The molecule has 7 heteroatoms. The van der Waals surface area contributed by atoms with E-state index in [0.29, 0.717) is 12.4 Å². The Morgan fingerprint density at radius 3 is 2.74 bits per heavy atom. The first kappa shape index (κ1) is 17.5. The molecule has 0 unspecified atom stereocenters. The van der Waals surface area contributed by atoms with Gasteiger partial charge in [0, 0.05) is 18.9 Å². The minimum atomic E-state index is -0.412.